The van der Waals surface area contributed by atoms with E-state index < -0.39 is 23.7 Å². The number of imide groups is 1. The summed E-state index contributed by atoms with van der Waals surface area (Å²) in [6.07, 6.45) is 1.44. The van der Waals surface area contributed by atoms with E-state index >= 15 is 0 Å². The Morgan fingerprint density at radius 2 is 2.14 bits per heavy atom. The molecule has 1 aliphatic rings. The Hall–Kier alpha value is -2.48. The summed E-state index contributed by atoms with van der Waals surface area (Å²) >= 11 is 0.668. The Balaban J connectivity index is 2.28. The molecule has 0 radical (unpaired) electrons. The van der Waals surface area contributed by atoms with Crippen LogP contribution in [-0.4, -0.2) is 45.9 Å². The predicted octanol–water partition coefficient (Wildman–Crippen LogP) is 1.52. The van der Waals surface area contributed by atoms with Crippen LogP contribution < -0.4 is 4.74 Å². The molecule has 0 saturated carbocycles. The van der Waals surface area contributed by atoms with Crippen LogP contribution in [0, 0.1) is 0 Å². The summed E-state index contributed by atoms with van der Waals surface area (Å²) in [7, 11) is 1.39. The molecule has 1 fully saturated rings. The maximum absolute atomic E-state index is 11.9. The molecule has 8 heteroatoms. The summed E-state index contributed by atoms with van der Waals surface area (Å²) in [5.41, 5.74) is 0.547. The molecular weight excluding hydrogens is 298 g/mol. The third-order valence-electron chi connectivity index (χ3n) is 2.67. The van der Waals surface area contributed by atoms with Gasteiger partial charge in [0, 0.05) is 0 Å². The molecule has 21 heavy (non-hydrogen) atoms. The summed E-state index contributed by atoms with van der Waals surface area (Å²) in [6, 6.07) is 4.44. The van der Waals surface area contributed by atoms with E-state index in [4.69, 9.17) is 9.84 Å². The van der Waals surface area contributed by atoms with E-state index in [1.165, 1.54) is 25.3 Å². The second-order valence-corrected chi connectivity index (χ2v) is 5.09. The van der Waals surface area contributed by atoms with Crippen molar-refractivity contribution < 1.29 is 29.3 Å². The SMILES string of the molecule is COc1cc(C=C2SC(=O)N(CC(=O)O)C2=O)ccc1O. The summed E-state index contributed by atoms with van der Waals surface area (Å²) in [4.78, 5) is 34.9. The average Bonchev–Trinajstić information content (AvgIpc) is 2.68. The topological polar surface area (TPSA) is 104 Å². The number of ether oxygens (including phenoxy) is 1. The fourth-order valence-corrected chi connectivity index (χ4v) is 2.55. The molecule has 1 aliphatic heterocycles. The van der Waals surface area contributed by atoms with E-state index in [2.05, 4.69) is 0 Å². The Kier molecular flexibility index (Phi) is 4.18. The van der Waals surface area contributed by atoms with E-state index in [9.17, 15) is 19.5 Å². The maximum Gasteiger partial charge on any atom is 0.323 e. The number of carboxylic acids is 1. The Labute approximate surface area is 123 Å². The van der Waals surface area contributed by atoms with E-state index in [0.29, 0.717) is 22.2 Å². The van der Waals surface area contributed by atoms with Gasteiger partial charge in [-0.2, -0.15) is 0 Å². The first-order chi connectivity index (χ1) is 9.92. The lowest BCUT2D eigenvalue weighted by Crippen LogP contribution is -2.33. The molecule has 0 spiro atoms. The summed E-state index contributed by atoms with van der Waals surface area (Å²) < 4.78 is 4.95. The molecule has 110 valence electrons. The minimum Gasteiger partial charge on any atom is -0.504 e. The van der Waals surface area contributed by atoms with Gasteiger partial charge < -0.3 is 14.9 Å². The van der Waals surface area contributed by atoms with Gasteiger partial charge >= 0.3 is 5.97 Å². The first-order valence-corrected chi connectivity index (χ1v) is 6.58. The van der Waals surface area contributed by atoms with Crippen molar-refractivity contribution in [2.75, 3.05) is 13.7 Å². The Morgan fingerprint density at radius 3 is 2.76 bits per heavy atom. The number of hydrogen-bond acceptors (Lipinski definition) is 6. The molecule has 1 saturated heterocycles. The highest BCUT2D eigenvalue weighted by Crippen LogP contribution is 2.33. The summed E-state index contributed by atoms with van der Waals surface area (Å²) in [5, 5.41) is 17.5. The number of amides is 2. The number of benzene rings is 1. The molecule has 0 atom stereocenters. The zero-order valence-electron chi connectivity index (χ0n) is 10.9. The van der Waals surface area contributed by atoms with Crippen LogP contribution in [-0.2, 0) is 9.59 Å². The van der Waals surface area contributed by atoms with Gasteiger partial charge in [0.1, 0.15) is 6.54 Å². The van der Waals surface area contributed by atoms with Gasteiger partial charge in [-0.1, -0.05) is 6.07 Å². The van der Waals surface area contributed by atoms with Gasteiger partial charge in [0.25, 0.3) is 11.1 Å². The van der Waals surface area contributed by atoms with Crippen molar-refractivity contribution in [1.82, 2.24) is 4.90 Å². The number of phenols is 1. The molecule has 2 N–H and O–H groups in total. The largest absolute Gasteiger partial charge is 0.504 e. The van der Waals surface area contributed by atoms with Crippen LogP contribution in [0.3, 0.4) is 0 Å². The molecule has 2 amide bonds. The molecule has 0 aromatic heterocycles. The molecule has 7 nitrogen and oxygen atoms in total. The van der Waals surface area contributed by atoms with Crippen molar-refractivity contribution >= 4 is 35.0 Å². The van der Waals surface area contributed by atoms with Gasteiger partial charge in [-0.3, -0.25) is 19.3 Å². The van der Waals surface area contributed by atoms with Crippen molar-refractivity contribution in [1.29, 1.82) is 0 Å². The number of methoxy groups -OCH3 is 1. The van der Waals surface area contributed by atoms with Crippen LogP contribution >= 0.6 is 11.8 Å². The number of hydrogen-bond donors (Lipinski definition) is 2. The zero-order valence-corrected chi connectivity index (χ0v) is 11.7. The first kappa shape index (κ1) is 14.9. The smallest absolute Gasteiger partial charge is 0.323 e. The van der Waals surface area contributed by atoms with Crippen molar-refractivity contribution in [3.63, 3.8) is 0 Å². The Morgan fingerprint density at radius 1 is 1.43 bits per heavy atom. The molecular formula is C13H11NO6S. The third-order valence-corrected chi connectivity index (χ3v) is 3.58. The number of aromatic hydroxyl groups is 1. The van der Waals surface area contributed by atoms with Gasteiger partial charge in [-0.25, -0.2) is 0 Å². The summed E-state index contributed by atoms with van der Waals surface area (Å²) in [5.74, 6) is -1.73. The lowest BCUT2D eigenvalue weighted by atomic mass is 10.2. The normalized spacial score (nSPS) is 16.6. The second kappa shape index (κ2) is 5.88. The van der Waals surface area contributed by atoms with Crippen LogP contribution in [0.5, 0.6) is 11.5 Å². The van der Waals surface area contributed by atoms with Crippen molar-refractivity contribution in [3.05, 3.63) is 28.7 Å². The first-order valence-electron chi connectivity index (χ1n) is 5.76. The van der Waals surface area contributed by atoms with E-state index in [0.717, 1.165) is 0 Å². The molecule has 0 bridgehead atoms. The quantitative estimate of drug-likeness (QED) is 0.812. The average molecular weight is 309 g/mol. The number of carboxylic acid groups (broad SMARTS) is 1. The van der Waals surface area contributed by atoms with Crippen molar-refractivity contribution in [2.45, 2.75) is 0 Å². The van der Waals surface area contributed by atoms with Crippen LogP contribution in [0.4, 0.5) is 4.79 Å². The zero-order chi connectivity index (χ0) is 15.6. The molecule has 0 unspecified atom stereocenters. The molecule has 1 aromatic rings. The highest BCUT2D eigenvalue weighted by atomic mass is 32.2. The lowest BCUT2D eigenvalue weighted by Gasteiger charge is -2.07. The van der Waals surface area contributed by atoms with Gasteiger partial charge in [-0.15, -0.1) is 0 Å². The summed E-state index contributed by atoms with van der Waals surface area (Å²) in [6.45, 7) is -0.666. The highest BCUT2D eigenvalue weighted by molar-refractivity contribution is 8.18. The van der Waals surface area contributed by atoms with Gasteiger partial charge in [-0.05, 0) is 35.5 Å². The molecule has 0 aliphatic carbocycles. The second-order valence-electron chi connectivity index (χ2n) is 4.09. The van der Waals surface area contributed by atoms with Gasteiger partial charge in [0.2, 0.25) is 0 Å². The fraction of sp³-hybridized carbons (Fsp3) is 0.154. The van der Waals surface area contributed by atoms with Crippen LogP contribution in [0.25, 0.3) is 6.08 Å². The van der Waals surface area contributed by atoms with E-state index in [-0.39, 0.29) is 16.4 Å². The third kappa shape index (κ3) is 3.16. The highest BCUT2D eigenvalue weighted by Gasteiger charge is 2.36. The van der Waals surface area contributed by atoms with E-state index in [1.54, 1.807) is 6.07 Å². The molecule has 1 heterocycles. The van der Waals surface area contributed by atoms with Crippen LogP contribution in [0.2, 0.25) is 0 Å². The van der Waals surface area contributed by atoms with Crippen LogP contribution in [0.1, 0.15) is 5.56 Å². The minimum absolute atomic E-state index is 0.0476. The van der Waals surface area contributed by atoms with Gasteiger partial charge in [0.05, 0.1) is 12.0 Å². The number of carbonyl (C=O) groups is 3. The fourth-order valence-electron chi connectivity index (χ4n) is 1.71. The number of carbonyl (C=O) groups excluding carboxylic acids is 2. The number of aliphatic carboxylic acids is 1. The van der Waals surface area contributed by atoms with Gasteiger partial charge in [0.15, 0.2) is 11.5 Å². The van der Waals surface area contributed by atoms with Crippen molar-refractivity contribution in [3.8, 4) is 11.5 Å². The molecule has 1 aromatic carbocycles. The number of phenolic OH excluding ortho intramolecular Hbond substituents is 1. The van der Waals surface area contributed by atoms with E-state index in [1.807, 2.05) is 0 Å². The number of thioether (sulfide) groups is 1. The van der Waals surface area contributed by atoms with Crippen molar-refractivity contribution in [2.24, 2.45) is 0 Å². The lowest BCUT2D eigenvalue weighted by molar-refractivity contribution is -0.140. The molecule has 2 rings (SSSR count). The predicted molar refractivity (Wildman–Crippen MR) is 75.0 cm³/mol. The standard InChI is InChI=1S/C13H11NO6S/c1-20-9-4-7(2-3-8(9)15)5-10-12(18)14(6-11(16)17)13(19)21-10/h2-5,15H,6H2,1H3,(H,16,17). The number of rotatable bonds is 4. The Bertz CT molecular complexity index is 654. The number of nitrogens with zero attached hydrogens (tertiary/aromatic N) is 1. The van der Waals surface area contributed by atoms with Crippen LogP contribution in [0.15, 0.2) is 23.1 Å². The monoisotopic (exact) mass is 309 g/mol. The maximum atomic E-state index is 11.9. The minimum atomic E-state index is -1.26.